The van der Waals surface area contributed by atoms with Crippen LogP contribution in [-0.4, -0.2) is 41.7 Å². The van der Waals surface area contributed by atoms with Gasteiger partial charge in [-0.05, 0) is 45.4 Å². The van der Waals surface area contributed by atoms with Crippen molar-refractivity contribution in [3.63, 3.8) is 0 Å². The molecule has 0 bridgehead atoms. The number of primary amides is 1. The number of unbranched alkanes of at least 4 members (excludes halogenated alkanes) is 1. The van der Waals surface area contributed by atoms with E-state index in [0.717, 1.165) is 38.2 Å². The first-order valence-corrected chi connectivity index (χ1v) is 8.32. The molecule has 3 atom stereocenters. The third kappa shape index (κ3) is 5.32. The maximum Gasteiger partial charge on any atom is 0.237 e. The lowest BCUT2D eigenvalue weighted by Crippen LogP contribution is -2.52. The van der Waals surface area contributed by atoms with Gasteiger partial charge in [0.25, 0.3) is 0 Å². The van der Waals surface area contributed by atoms with Crippen LogP contribution in [0.15, 0.2) is 0 Å². The molecule has 1 amide bonds. The molecule has 3 N–H and O–H groups in total. The van der Waals surface area contributed by atoms with Crippen LogP contribution >= 0.6 is 11.8 Å². The van der Waals surface area contributed by atoms with Gasteiger partial charge in [-0.2, -0.15) is 11.8 Å². The van der Waals surface area contributed by atoms with Gasteiger partial charge in [-0.25, -0.2) is 0 Å². The lowest BCUT2D eigenvalue weighted by Gasteiger charge is -2.27. The number of nitrogens with one attached hydrogen (secondary N) is 1. The van der Waals surface area contributed by atoms with Crippen molar-refractivity contribution in [3.8, 4) is 0 Å². The number of nitrogens with two attached hydrogens (primary N) is 1. The summed E-state index contributed by atoms with van der Waals surface area (Å²) < 4.78 is 5.55. The normalized spacial score (nSPS) is 26.3. The van der Waals surface area contributed by atoms with Gasteiger partial charge in [0.2, 0.25) is 5.91 Å². The molecule has 1 aliphatic rings. The van der Waals surface area contributed by atoms with E-state index >= 15 is 0 Å². The van der Waals surface area contributed by atoms with Gasteiger partial charge < -0.3 is 15.8 Å². The number of thioether (sulfide) groups is 1. The molecule has 5 heteroatoms. The van der Waals surface area contributed by atoms with Gasteiger partial charge >= 0.3 is 0 Å². The number of amides is 1. The number of carbonyl (C=O) groups is 1. The third-order valence-corrected chi connectivity index (χ3v) is 5.39. The minimum atomic E-state index is -0.552. The van der Waals surface area contributed by atoms with E-state index in [1.807, 2.05) is 25.6 Å². The van der Waals surface area contributed by atoms with Crippen LogP contribution in [0.5, 0.6) is 0 Å². The fourth-order valence-electron chi connectivity index (χ4n) is 2.44. The minimum absolute atomic E-state index is 0.250. The molecule has 19 heavy (non-hydrogen) atoms. The Balaban J connectivity index is 2.16. The van der Waals surface area contributed by atoms with E-state index in [1.54, 1.807) is 0 Å². The van der Waals surface area contributed by atoms with E-state index in [1.165, 1.54) is 6.42 Å². The molecule has 1 saturated heterocycles. The maximum atomic E-state index is 11.5. The van der Waals surface area contributed by atoms with Crippen LogP contribution in [0.2, 0.25) is 0 Å². The zero-order valence-electron chi connectivity index (χ0n) is 12.4. The van der Waals surface area contributed by atoms with Crippen molar-refractivity contribution in [2.75, 3.05) is 18.9 Å². The van der Waals surface area contributed by atoms with Crippen LogP contribution in [0.4, 0.5) is 0 Å². The molecule has 0 aromatic heterocycles. The summed E-state index contributed by atoms with van der Waals surface area (Å²) >= 11 is 2.00. The Bertz CT molecular complexity index is 289. The molecule has 0 aliphatic carbocycles. The summed E-state index contributed by atoms with van der Waals surface area (Å²) in [6.07, 6.45) is 4.53. The average Bonchev–Trinajstić information content (AvgIpc) is 2.75. The van der Waals surface area contributed by atoms with E-state index in [9.17, 15) is 4.79 Å². The van der Waals surface area contributed by atoms with Gasteiger partial charge in [-0.1, -0.05) is 13.3 Å². The summed E-state index contributed by atoms with van der Waals surface area (Å²) in [5.74, 6) is 0.888. The first-order chi connectivity index (χ1) is 8.99. The van der Waals surface area contributed by atoms with Crippen molar-refractivity contribution < 1.29 is 9.53 Å². The monoisotopic (exact) mass is 288 g/mol. The summed E-state index contributed by atoms with van der Waals surface area (Å²) in [4.78, 5) is 11.5. The minimum Gasteiger partial charge on any atom is -0.377 e. The highest BCUT2D eigenvalue weighted by atomic mass is 32.2. The van der Waals surface area contributed by atoms with Crippen molar-refractivity contribution >= 4 is 17.7 Å². The van der Waals surface area contributed by atoms with E-state index in [0.29, 0.717) is 11.4 Å². The van der Waals surface area contributed by atoms with E-state index < -0.39 is 5.54 Å². The lowest BCUT2D eigenvalue weighted by atomic mass is 9.94. The molecule has 112 valence electrons. The van der Waals surface area contributed by atoms with Crippen molar-refractivity contribution in [1.82, 2.24) is 5.32 Å². The van der Waals surface area contributed by atoms with Crippen molar-refractivity contribution in [2.45, 2.75) is 63.3 Å². The van der Waals surface area contributed by atoms with Crippen molar-refractivity contribution in [1.29, 1.82) is 0 Å². The summed E-state index contributed by atoms with van der Waals surface area (Å²) in [7, 11) is 0. The highest BCUT2D eigenvalue weighted by Gasteiger charge is 2.29. The zero-order chi connectivity index (χ0) is 14.3. The fraction of sp³-hybridized carbons (Fsp3) is 0.929. The molecule has 0 spiro atoms. The summed E-state index contributed by atoms with van der Waals surface area (Å²) in [5.41, 5.74) is 4.91. The smallest absolute Gasteiger partial charge is 0.237 e. The molecule has 0 aromatic carbocycles. The van der Waals surface area contributed by atoms with Crippen LogP contribution in [-0.2, 0) is 9.53 Å². The van der Waals surface area contributed by atoms with Gasteiger partial charge in [0.05, 0.1) is 11.6 Å². The Labute approximate surface area is 121 Å². The lowest BCUT2D eigenvalue weighted by molar-refractivity contribution is -0.124. The first kappa shape index (κ1) is 16.8. The average molecular weight is 288 g/mol. The van der Waals surface area contributed by atoms with Gasteiger partial charge in [-0.15, -0.1) is 0 Å². The predicted molar refractivity (Wildman–Crippen MR) is 81.4 cm³/mol. The van der Waals surface area contributed by atoms with E-state index in [2.05, 4.69) is 12.2 Å². The topological polar surface area (TPSA) is 64.3 Å². The molecular formula is C14H28N2O2S. The molecule has 1 rings (SSSR count). The van der Waals surface area contributed by atoms with Crippen molar-refractivity contribution in [3.05, 3.63) is 0 Å². The number of rotatable bonds is 9. The SMILES string of the molecule is CCNC(C)(CCCCSC1CCOC1C)C(N)=O. The predicted octanol–water partition coefficient (Wildman–Crippen LogP) is 1.92. The molecule has 0 radical (unpaired) electrons. The number of likely N-dealkylation sites (N-methyl/N-ethyl adjacent to an activating group) is 1. The highest BCUT2D eigenvalue weighted by molar-refractivity contribution is 7.99. The van der Waals surface area contributed by atoms with Gasteiger partial charge in [0, 0.05) is 11.9 Å². The van der Waals surface area contributed by atoms with Crippen LogP contribution in [0, 0.1) is 0 Å². The molecule has 1 fully saturated rings. The second-order valence-electron chi connectivity index (χ2n) is 5.46. The Morgan fingerprint density at radius 2 is 2.26 bits per heavy atom. The molecular weight excluding hydrogens is 260 g/mol. The van der Waals surface area contributed by atoms with Crippen LogP contribution in [0.25, 0.3) is 0 Å². The van der Waals surface area contributed by atoms with E-state index in [4.69, 9.17) is 10.5 Å². The Morgan fingerprint density at radius 3 is 2.79 bits per heavy atom. The number of carbonyl (C=O) groups excluding carboxylic acids is 1. The van der Waals surface area contributed by atoms with Gasteiger partial charge in [0.15, 0.2) is 0 Å². The molecule has 0 aromatic rings. The fourth-order valence-corrected chi connectivity index (χ4v) is 3.72. The number of ether oxygens (including phenoxy) is 1. The van der Waals surface area contributed by atoms with E-state index in [-0.39, 0.29) is 5.91 Å². The largest absolute Gasteiger partial charge is 0.377 e. The zero-order valence-corrected chi connectivity index (χ0v) is 13.2. The van der Waals surface area contributed by atoms with Crippen LogP contribution < -0.4 is 11.1 Å². The molecule has 3 unspecified atom stereocenters. The summed E-state index contributed by atoms with van der Waals surface area (Å²) in [5, 5.41) is 3.85. The molecule has 1 aliphatic heterocycles. The Kier molecular flexibility index (Phi) is 7.18. The standard InChI is InChI=1S/C14H28N2O2S/c1-4-16-14(3,13(15)17)8-5-6-10-19-12-7-9-18-11(12)2/h11-12,16H,4-10H2,1-3H3,(H2,15,17). The molecule has 1 heterocycles. The van der Waals surface area contributed by atoms with Gasteiger partial charge in [0.1, 0.15) is 0 Å². The number of hydrogen-bond acceptors (Lipinski definition) is 4. The number of hydrogen-bond donors (Lipinski definition) is 2. The van der Waals surface area contributed by atoms with Gasteiger partial charge in [-0.3, -0.25) is 4.79 Å². The Hall–Kier alpha value is -0.260. The van der Waals surface area contributed by atoms with Crippen LogP contribution in [0.1, 0.15) is 46.5 Å². The second-order valence-corrected chi connectivity index (χ2v) is 6.80. The maximum absolute atomic E-state index is 11.5. The Morgan fingerprint density at radius 1 is 1.53 bits per heavy atom. The first-order valence-electron chi connectivity index (χ1n) is 7.27. The summed E-state index contributed by atoms with van der Waals surface area (Å²) in [6.45, 7) is 7.72. The second kappa shape index (κ2) is 8.12. The third-order valence-electron chi connectivity index (χ3n) is 3.82. The van der Waals surface area contributed by atoms with Crippen LogP contribution in [0.3, 0.4) is 0 Å². The molecule has 0 saturated carbocycles. The van der Waals surface area contributed by atoms with Crippen molar-refractivity contribution in [2.24, 2.45) is 5.73 Å². The highest BCUT2D eigenvalue weighted by Crippen LogP contribution is 2.27. The summed E-state index contributed by atoms with van der Waals surface area (Å²) in [6, 6.07) is 0. The molecule has 4 nitrogen and oxygen atoms in total. The quantitative estimate of drug-likeness (QED) is 0.636.